The highest BCUT2D eigenvalue weighted by Gasteiger charge is 2.25. The van der Waals surface area contributed by atoms with Gasteiger partial charge in [-0.05, 0) is 42.6 Å². The van der Waals surface area contributed by atoms with Crippen molar-refractivity contribution in [3.63, 3.8) is 0 Å². The van der Waals surface area contributed by atoms with Crippen molar-refractivity contribution in [3.8, 4) is 5.75 Å². The van der Waals surface area contributed by atoms with E-state index in [-0.39, 0.29) is 12.2 Å². The van der Waals surface area contributed by atoms with Crippen LogP contribution in [0.3, 0.4) is 0 Å². The number of para-hydroxylation sites is 1. The highest BCUT2D eigenvalue weighted by Crippen LogP contribution is 2.29. The van der Waals surface area contributed by atoms with Crippen LogP contribution >= 0.6 is 0 Å². The zero-order chi connectivity index (χ0) is 19.7. The molecule has 1 unspecified atom stereocenters. The van der Waals surface area contributed by atoms with E-state index in [2.05, 4.69) is 65.6 Å². The Balaban J connectivity index is 1.36. The van der Waals surface area contributed by atoms with Gasteiger partial charge in [0.25, 0.3) is 0 Å². The van der Waals surface area contributed by atoms with Crippen molar-refractivity contribution in [2.45, 2.75) is 25.0 Å². The van der Waals surface area contributed by atoms with Crippen LogP contribution in [0.25, 0.3) is 0 Å². The van der Waals surface area contributed by atoms with E-state index < -0.39 is 0 Å². The molecule has 0 saturated carbocycles. The average Bonchev–Trinajstić information content (AvgIpc) is 2.80. The van der Waals surface area contributed by atoms with E-state index in [1.807, 2.05) is 30.3 Å². The zero-order valence-electron chi connectivity index (χ0n) is 16.8. The smallest absolute Gasteiger partial charge is 0.119 e. The first kappa shape index (κ1) is 19.7. The van der Waals surface area contributed by atoms with Crippen molar-refractivity contribution in [1.82, 2.24) is 4.90 Å². The molecule has 3 aromatic rings. The van der Waals surface area contributed by atoms with Crippen molar-refractivity contribution in [2.24, 2.45) is 0 Å². The standard InChI is InChI=1S/C26H29NO2/c1-4-11-22(12-5-1)26(23-13-6-2-7-14-23)29-25-17-10-18-27(21-25)19-20-28-24-15-8-3-9-16-24/h1-9,11-16,25-26H,10,17-21H2. The Labute approximate surface area is 173 Å². The first-order valence-electron chi connectivity index (χ1n) is 10.5. The van der Waals surface area contributed by atoms with Gasteiger partial charge in [0.1, 0.15) is 18.5 Å². The summed E-state index contributed by atoms with van der Waals surface area (Å²) in [5.41, 5.74) is 2.42. The molecule has 1 atom stereocenters. The minimum atomic E-state index is -0.0251. The van der Waals surface area contributed by atoms with Crippen LogP contribution in [-0.2, 0) is 4.74 Å². The predicted octanol–water partition coefficient (Wildman–Crippen LogP) is 5.34. The van der Waals surface area contributed by atoms with E-state index in [1.165, 1.54) is 11.1 Å². The first-order chi connectivity index (χ1) is 14.4. The van der Waals surface area contributed by atoms with Gasteiger partial charge in [0.15, 0.2) is 0 Å². The number of piperidine rings is 1. The van der Waals surface area contributed by atoms with Crippen molar-refractivity contribution in [2.75, 3.05) is 26.2 Å². The van der Waals surface area contributed by atoms with Crippen LogP contribution in [0.1, 0.15) is 30.1 Å². The van der Waals surface area contributed by atoms with Gasteiger partial charge in [0.05, 0.1) is 6.10 Å². The average molecular weight is 388 g/mol. The number of nitrogens with zero attached hydrogens (tertiary/aromatic N) is 1. The number of rotatable bonds is 8. The molecule has 1 aliphatic heterocycles. The molecule has 0 spiro atoms. The lowest BCUT2D eigenvalue weighted by molar-refractivity contribution is -0.0349. The maximum atomic E-state index is 6.68. The van der Waals surface area contributed by atoms with Gasteiger partial charge in [-0.25, -0.2) is 0 Å². The summed E-state index contributed by atoms with van der Waals surface area (Å²) in [7, 11) is 0. The third kappa shape index (κ3) is 5.69. The number of hydrogen-bond donors (Lipinski definition) is 0. The third-order valence-electron chi connectivity index (χ3n) is 5.41. The Morgan fingerprint density at radius 1 is 0.793 bits per heavy atom. The van der Waals surface area contributed by atoms with Crippen molar-refractivity contribution in [3.05, 3.63) is 102 Å². The number of benzene rings is 3. The molecule has 1 fully saturated rings. The lowest BCUT2D eigenvalue weighted by Gasteiger charge is -2.35. The zero-order valence-corrected chi connectivity index (χ0v) is 16.8. The number of ether oxygens (including phenoxy) is 2. The van der Waals surface area contributed by atoms with E-state index in [9.17, 15) is 0 Å². The molecule has 150 valence electrons. The Kier molecular flexibility index (Phi) is 6.95. The summed E-state index contributed by atoms with van der Waals surface area (Å²) in [6.07, 6.45) is 2.47. The fourth-order valence-corrected chi connectivity index (χ4v) is 3.93. The molecular weight excluding hydrogens is 358 g/mol. The van der Waals surface area contributed by atoms with Gasteiger partial charge in [-0.3, -0.25) is 4.90 Å². The second-order valence-corrected chi connectivity index (χ2v) is 7.56. The summed E-state index contributed by atoms with van der Waals surface area (Å²) in [5, 5.41) is 0. The quantitative estimate of drug-likeness (QED) is 0.521. The maximum Gasteiger partial charge on any atom is 0.119 e. The fraction of sp³-hybridized carbons (Fsp3) is 0.308. The summed E-state index contributed by atoms with van der Waals surface area (Å²) in [6.45, 7) is 3.70. The van der Waals surface area contributed by atoms with Gasteiger partial charge >= 0.3 is 0 Å². The molecule has 3 aromatic carbocycles. The lowest BCUT2D eigenvalue weighted by Crippen LogP contribution is -2.42. The van der Waals surface area contributed by atoms with E-state index in [0.29, 0.717) is 6.61 Å². The first-order valence-corrected chi connectivity index (χ1v) is 10.5. The van der Waals surface area contributed by atoms with E-state index in [1.54, 1.807) is 0 Å². The molecule has 3 nitrogen and oxygen atoms in total. The highest BCUT2D eigenvalue weighted by atomic mass is 16.5. The van der Waals surface area contributed by atoms with Gasteiger partial charge in [-0.1, -0.05) is 78.9 Å². The molecule has 0 aliphatic carbocycles. The minimum absolute atomic E-state index is 0.0251. The van der Waals surface area contributed by atoms with Crippen LogP contribution in [0.4, 0.5) is 0 Å². The molecule has 1 saturated heterocycles. The fourth-order valence-electron chi connectivity index (χ4n) is 3.93. The van der Waals surface area contributed by atoms with Crippen molar-refractivity contribution >= 4 is 0 Å². The minimum Gasteiger partial charge on any atom is -0.492 e. The van der Waals surface area contributed by atoms with Crippen molar-refractivity contribution < 1.29 is 9.47 Å². The van der Waals surface area contributed by atoms with E-state index in [0.717, 1.165) is 38.2 Å². The van der Waals surface area contributed by atoms with Gasteiger partial charge in [0, 0.05) is 13.1 Å². The maximum absolute atomic E-state index is 6.68. The number of hydrogen-bond acceptors (Lipinski definition) is 3. The predicted molar refractivity (Wildman–Crippen MR) is 117 cm³/mol. The molecule has 0 amide bonds. The van der Waals surface area contributed by atoms with E-state index in [4.69, 9.17) is 9.47 Å². The van der Waals surface area contributed by atoms with Gasteiger partial charge in [-0.15, -0.1) is 0 Å². The lowest BCUT2D eigenvalue weighted by atomic mass is 10.0. The summed E-state index contributed by atoms with van der Waals surface area (Å²) in [4.78, 5) is 2.46. The topological polar surface area (TPSA) is 21.7 Å². The summed E-state index contributed by atoms with van der Waals surface area (Å²) in [5.74, 6) is 0.936. The molecule has 4 rings (SSSR count). The monoisotopic (exact) mass is 387 g/mol. The van der Waals surface area contributed by atoms with Crippen LogP contribution < -0.4 is 4.74 Å². The van der Waals surface area contributed by atoms with E-state index >= 15 is 0 Å². The molecule has 3 heteroatoms. The summed E-state index contributed by atoms with van der Waals surface area (Å²) < 4.78 is 12.6. The van der Waals surface area contributed by atoms with Crippen molar-refractivity contribution in [1.29, 1.82) is 0 Å². The summed E-state index contributed by atoms with van der Waals surface area (Å²) >= 11 is 0. The Morgan fingerprint density at radius 2 is 1.38 bits per heavy atom. The van der Waals surface area contributed by atoms with Gasteiger partial charge < -0.3 is 9.47 Å². The molecule has 29 heavy (non-hydrogen) atoms. The molecule has 1 heterocycles. The SMILES string of the molecule is c1ccc(OCCN2CCCC(OC(c3ccccc3)c3ccccc3)C2)cc1. The Hall–Kier alpha value is -2.62. The molecule has 0 aromatic heterocycles. The second-order valence-electron chi connectivity index (χ2n) is 7.56. The van der Waals surface area contributed by atoms with Crippen LogP contribution in [-0.4, -0.2) is 37.2 Å². The van der Waals surface area contributed by atoms with Crippen LogP contribution in [0, 0.1) is 0 Å². The molecular formula is C26H29NO2. The van der Waals surface area contributed by atoms with Gasteiger partial charge in [0.2, 0.25) is 0 Å². The Morgan fingerprint density at radius 3 is 2.00 bits per heavy atom. The third-order valence-corrected chi connectivity index (χ3v) is 5.41. The second kappa shape index (κ2) is 10.2. The highest BCUT2D eigenvalue weighted by molar-refractivity contribution is 5.30. The van der Waals surface area contributed by atoms with Crippen LogP contribution in [0.15, 0.2) is 91.0 Å². The Bertz CT molecular complexity index is 799. The summed E-state index contributed by atoms with van der Waals surface area (Å²) in [6, 6.07) is 31.1. The molecule has 0 radical (unpaired) electrons. The van der Waals surface area contributed by atoms with Crippen LogP contribution in [0.2, 0.25) is 0 Å². The van der Waals surface area contributed by atoms with Crippen LogP contribution in [0.5, 0.6) is 5.75 Å². The molecule has 1 aliphatic rings. The van der Waals surface area contributed by atoms with Gasteiger partial charge in [-0.2, -0.15) is 0 Å². The largest absolute Gasteiger partial charge is 0.492 e. The number of likely N-dealkylation sites (tertiary alicyclic amines) is 1. The molecule has 0 N–H and O–H groups in total. The normalized spacial score (nSPS) is 17.3. The molecule has 0 bridgehead atoms.